The zero-order chi connectivity index (χ0) is 12.6. The number of rotatable bonds is 8. The highest BCUT2D eigenvalue weighted by Crippen LogP contribution is 2.24. The Bertz CT molecular complexity index is 195. The Balaban J connectivity index is 4.06. The first kappa shape index (κ1) is 15.4. The summed E-state index contributed by atoms with van der Waals surface area (Å²) >= 11 is 0. The lowest BCUT2D eigenvalue weighted by Gasteiger charge is -2.29. The molecule has 0 saturated heterocycles. The minimum absolute atomic E-state index is 0.0256. The predicted molar refractivity (Wildman–Crippen MR) is 65.9 cm³/mol. The van der Waals surface area contributed by atoms with Crippen molar-refractivity contribution in [1.29, 1.82) is 0 Å². The van der Waals surface area contributed by atoms with Crippen LogP contribution in [-0.4, -0.2) is 30.7 Å². The Morgan fingerprint density at radius 3 is 2.38 bits per heavy atom. The molecule has 1 amide bonds. The Kier molecular flexibility index (Phi) is 7.34. The fourth-order valence-electron chi connectivity index (χ4n) is 1.54. The average molecular weight is 230 g/mol. The molecule has 0 aliphatic carbocycles. The van der Waals surface area contributed by atoms with Crippen molar-refractivity contribution in [3.05, 3.63) is 0 Å². The average Bonchev–Trinajstić information content (AvgIpc) is 2.31. The molecule has 0 aromatic rings. The summed E-state index contributed by atoms with van der Waals surface area (Å²) in [7, 11) is 0. The number of hydrogen-bond acceptors (Lipinski definition) is 3. The van der Waals surface area contributed by atoms with Crippen LogP contribution in [0.4, 0.5) is 0 Å². The van der Waals surface area contributed by atoms with E-state index >= 15 is 0 Å². The Labute approximate surface area is 98.6 Å². The Morgan fingerprint density at radius 1 is 1.44 bits per heavy atom. The maximum absolute atomic E-state index is 11.6. The van der Waals surface area contributed by atoms with Crippen LogP contribution in [0.1, 0.15) is 40.0 Å². The van der Waals surface area contributed by atoms with Gasteiger partial charge in [0.25, 0.3) is 0 Å². The standard InChI is InChI=1S/C12H26N2O2/c1-4-12(5-2,9-15)8-14-11(16)6-10(3)7-13/h10,15H,4-9,13H2,1-3H3,(H,14,16). The lowest BCUT2D eigenvalue weighted by Crippen LogP contribution is -2.40. The van der Waals surface area contributed by atoms with Crippen molar-refractivity contribution in [3.63, 3.8) is 0 Å². The smallest absolute Gasteiger partial charge is 0.220 e. The van der Waals surface area contributed by atoms with Crippen LogP contribution in [0.2, 0.25) is 0 Å². The lowest BCUT2D eigenvalue weighted by molar-refractivity contribution is -0.122. The van der Waals surface area contributed by atoms with Crippen LogP contribution >= 0.6 is 0 Å². The van der Waals surface area contributed by atoms with E-state index in [2.05, 4.69) is 5.32 Å². The minimum Gasteiger partial charge on any atom is -0.396 e. The number of carbonyl (C=O) groups excluding carboxylic acids is 1. The van der Waals surface area contributed by atoms with E-state index in [1.807, 2.05) is 20.8 Å². The number of amides is 1. The van der Waals surface area contributed by atoms with Crippen molar-refractivity contribution < 1.29 is 9.90 Å². The van der Waals surface area contributed by atoms with Crippen LogP contribution in [0.5, 0.6) is 0 Å². The molecule has 0 saturated carbocycles. The zero-order valence-electron chi connectivity index (χ0n) is 10.8. The number of nitrogens with two attached hydrogens (primary N) is 1. The molecule has 96 valence electrons. The van der Waals surface area contributed by atoms with Crippen LogP contribution in [0, 0.1) is 11.3 Å². The first-order valence-corrected chi connectivity index (χ1v) is 6.11. The summed E-state index contributed by atoms with van der Waals surface area (Å²) in [5.74, 6) is 0.240. The quantitative estimate of drug-likeness (QED) is 0.579. The number of aliphatic hydroxyl groups is 1. The van der Waals surface area contributed by atoms with Gasteiger partial charge in [-0.3, -0.25) is 4.79 Å². The minimum atomic E-state index is -0.165. The second-order valence-electron chi connectivity index (χ2n) is 4.69. The van der Waals surface area contributed by atoms with Crippen molar-refractivity contribution in [3.8, 4) is 0 Å². The molecule has 0 aliphatic heterocycles. The van der Waals surface area contributed by atoms with Gasteiger partial charge in [0, 0.05) is 18.4 Å². The normalized spacial score (nSPS) is 13.6. The topological polar surface area (TPSA) is 75.3 Å². The van der Waals surface area contributed by atoms with Gasteiger partial charge >= 0.3 is 0 Å². The molecule has 4 heteroatoms. The first-order chi connectivity index (χ1) is 7.53. The highest BCUT2D eigenvalue weighted by molar-refractivity contribution is 5.76. The third-order valence-corrected chi connectivity index (χ3v) is 3.43. The Morgan fingerprint density at radius 2 is 2.00 bits per heavy atom. The van der Waals surface area contributed by atoms with Crippen molar-refractivity contribution in [2.75, 3.05) is 19.7 Å². The van der Waals surface area contributed by atoms with Gasteiger partial charge in [0.2, 0.25) is 5.91 Å². The van der Waals surface area contributed by atoms with Gasteiger partial charge in [0.1, 0.15) is 0 Å². The van der Waals surface area contributed by atoms with E-state index in [9.17, 15) is 9.90 Å². The van der Waals surface area contributed by atoms with E-state index in [0.717, 1.165) is 12.8 Å². The van der Waals surface area contributed by atoms with Gasteiger partial charge in [-0.2, -0.15) is 0 Å². The van der Waals surface area contributed by atoms with Gasteiger partial charge in [-0.25, -0.2) is 0 Å². The molecule has 0 bridgehead atoms. The van der Waals surface area contributed by atoms with E-state index in [4.69, 9.17) is 5.73 Å². The summed E-state index contributed by atoms with van der Waals surface area (Å²) in [5.41, 5.74) is 5.30. The van der Waals surface area contributed by atoms with Gasteiger partial charge in [-0.15, -0.1) is 0 Å². The molecule has 0 aliphatic rings. The summed E-state index contributed by atoms with van der Waals surface area (Å²) < 4.78 is 0. The molecule has 16 heavy (non-hydrogen) atoms. The van der Waals surface area contributed by atoms with E-state index in [1.165, 1.54) is 0 Å². The van der Waals surface area contributed by atoms with Crippen LogP contribution in [0.25, 0.3) is 0 Å². The van der Waals surface area contributed by atoms with Gasteiger partial charge in [0.15, 0.2) is 0 Å². The molecular formula is C12H26N2O2. The predicted octanol–water partition coefficient (Wildman–Crippen LogP) is 0.886. The highest BCUT2D eigenvalue weighted by Gasteiger charge is 2.25. The molecule has 0 aromatic carbocycles. The number of carbonyl (C=O) groups is 1. The zero-order valence-corrected chi connectivity index (χ0v) is 10.8. The number of aliphatic hydroxyl groups excluding tert-OH is 1. The van der Waals surface area contributed by atoms with E-state index in [0.29, 0.717) is 19.5 Å². The molecule has 0 spiro atoms. The van der Waals surface area contributed by atoms with Crippen molar-refractivity contribution in [2.24, 2.45) is 17.1 Å². The van der Waals surface area contributed by atoms with E-state index < -0.39 is 0 Å². The van der Waals surface area contributed by atoms with E-state index in [1.54, 1.807) is 0 Å². The van der Waals surface area contributed by atoms with Crippen molar-refractivity contribution in [2.45, 2.75) is 40.0 Å². The fourth-order valence-corrected chi connectivity index (χ4v) is 1.54. The molecule has 4 nitrogen and oxygen atoms in total. The molecule has 1 unspecified atom stereocenters. The number of nitrogens with one attached hydrogen (secondary N) is 1. The van der Waals surface area contributed by atoms with Crippen LogP contribution in [-0.2, 0) is 4.79 Å². The molecule has 0 heterocycles. The maximum Gasteiger partial charge on any atom is 0.220 e. The molecule has 0 aromatic heterocycles. The first-order valence-electron chi connectivity index (χ1n) is 6.11. The largest absolute Gasteiger partial charge is 0.396 e. The molecule has 4 N–H and O–H groups in total. The third-order valence-electron chi connectivity index (χ3n) is 3.43. The lowest BCUT2D eigenvalue weighted by atomic mass is 9.83. The molecule has 0 radical (unpaired) electrons. The second-order valence-corrected chi connectivity index (χ2v) is 4.69. The summed E-state index contributed by atoms with van der Waals surface area (Å²) in [6.07, 6.45) is 2.20. The van der Waals surface area contributed by atoms with Gasteiger partial charge in [-0.05, 0) is 25.3 Å². The van der Waals surface area contributed by atoms with Crippen molar-refractivity contribution in [1.82, 2.24) is 5.32 Å². The summed E-state index contributed by atoms with van der Waals surface area (Å²) in [4.78, 5) is 11.6. The van der Waals surface area contributed by atoms with Gasteiger partial charge in [0.05, 0.1) is 6.61 Å². The Hall–Kier alpha value is -0.610. The highest BCUT2D eigenvalue weighted by atomic mass is 16.3. The van der Waals surface area contributed by atoms with Crippen LogP contribution < -0.4 is 11.1 Å². The number of hydrogen-bond donors (Lipinski definition) is 3. The summed E-state index contributed by atoms with van der Waals surface area (Å²) in [5, 5.41) is 12.2. The summed E-state index contributed by atoms with van der Waals surface area (Å²) in [6, 6.07) is 0. The SMILES string of the molecule is CCC(CC)(CO)CNC(=O)CC(C)CN. The van der Waals surface area contributed by atoms with Crippen LogP contribution in [0.15, 0.2) is 0 Å². The van der Waals surface area contributed by atoms with Gasteiger partial charge in [-0.1, -0.05) is 20.8 Å². The summed E-state index contributed by atoms with van der Waals surface area (Å²) in [6.45, 7) is 7.22. The molecule has 0 rings (SSSR count). The second kappa shape index (κ2) is 7.63. The maximum atomic E-state index is 11.6. The van der Waals surface area contributed by atoms with Crippen LogP contribution in [0.3, 0.4) is 0 Å². The van der Waals surface area contributed by atoms with E-state index in [-0.39, 0.29) is 23.8 Å². The fraction of sp³-hybridized carbons (Fsp3) is 0.917. The van der Waals surface area contributed by atoms with Gasteiger partial charge < -0.3 is 16.2 Å². The monoisotopic (exact) mass is 230 g/mol. The van der Waals surface area contributed by atoms with Crippen molar-refractivity contribution >= 4 is 5.91 Å². The molecule has 0 fully saturated rings. The molecule has 1 atom stereocenters. The third kappa shape index (κ3) is 4.94. The molecular weight excluding hydrogens is 204 g/mol.